The van der Waals surface area contributed by atoms with E-state index in [1.165, 1.54) is 7.11 Å². The van der Waals surface area contributed by atoms with Crippen LogP contribution in [0.25, 0.3) is 0 Å². The first kappa shape index (κ1) is 16.6. The van der Waals surface area contributed by atoms with Gasteiger partial charge in [0.05, 0.1) is 26.5 Å². The van der Waals surface area contributed by atoms with Crippen molar-refractivity contribution in [3.8, 4) is 11.5 Å². The van der Waals surface area contributed by atoms with Crippen molar-refractivity contribution in [2.75, 3.05) is 26.1 Å². The summed E-state index contributed by atoms with van der Waals surface area (Å²) >= 11 is 0. The van der Waals surface area contributed by atoms with Gasteiger partial charge in [0, 0.05) is 12.1 Å². The van der Waals surface area contributed by atoms with Crippen LogP contribution < -0.4 is 25.4 Å². The molecule has 21 heavy (non-hydrogen) atoms. The number of amides is 3. The smallest absolute Gasteiger partial charge is 0.321 e. The topological polar surface area (TPSA) is 88.7 Å². The Morgan fingerprint density at radius 1 is 1.19 bits per heavy atom. The molecular weight excluding hydrogens is 274 g/mol. The number of urea groups is 1. The summed E-state index contributed by atoms with van der Waals surface area (Å²) in [7, 11) is 3.08. The van der Waals surface area contributed by atoms with Crippen LogP contribution in [0.15, 0.2) is 18.2 Å². The molecular formula is C14H21N3O4. The number of carbonyl (C=O) groups is 2. The normalized spacial score (nSPS) is 9.95. The molecule has 1 aromatic rings. The molecule has 0 radical (unpaired) electrons. The van der Waals surface area contributed by atoms with Crippen LogP contribution in [0, 0.1) is 0 Å². The summed E-state index contributed by atoms with van der Waals surface area (Å²) in [6.45, 7) is 3.57. The number of methoxy groups -OCH3 is 2. The van der Waals surface area contributed by atoms with Crippen molar-refractivity contribution in [2.45, 2.75) is 19.9 Å². The maximum absolute atomic E-state index is 11.6. The van der Waals surface area contributed by atoms with E-state index in [1.54, 1.807) is 25.3 Å². The number of hydrogen-bond acceptors (Lipinski definition) is 5. The highest BCUT2D eigenvalue weighted by molar-refractivity contribution is 5.96. The molecule has 0 aliphatic heterocycles. The average molecular weight is 295 g/mol. The molecule has 0 saturated carbocycles. The Hall–Kier alpha value is -2.44. The van der Waals surface area contributed by atoms with Gasteiger partial charge in [-0.1, -0.05) is 0 Å². The Morgan fingerprint density at radius 2 is 1.90 bits per heavy atom. The van der Waals surface area contributed by atoms with Crippen LogP contribution in [0.2, 0.25) is 0 Å². The predicted molar refractivity (Wildman–Crippen MR) is 79.8 cm³/mol. The van der Waals surface area contributed by atoms with Crippen LogP contribution in [0.1, 0.15) is 13.8 Å². The van der Waals surface area contributed by atoms with Gasteiger partial charge in [-0.15, -0.1) is 0 Å². The van der Waals surface area contributed by atoms with Gasteiger partial charge in [-0.2, -0.15) is 0 Å². The third-order valence-corrected chi connectivity index (χ3v) is 2.52. The summed E-state index contributed by atoms with van der Waals surface area (Å²) in [6.07, 6.45) is 0. The maximum Gasteiger partial charge on any atom is 0.321 e. The highest BCUT2D eigenvalue weighted by atomic mass is 16.5. The van der Waals surface area contributed by atoms with Gasteiger partial charge >= 0.3 is 6.03 Å². The Balaban J connectivity index is 2.55. The molecule has 3 amide bonds. The maximum atomic E-state index is 11.6. The summed E-state index contributed by atoms with van der Waals surface area (Å²) in [5.41, 5.74) is 0.637. The summed E-state index contributed by atoms with van der Waals surface area (Å²) < 4.78 is 10.3. The number of hydrogen-bond donors (Lipinski definition) is 3. The fraction of sp³-hybridized carbons (Fsp3) is 0.429. The monoisotopic (exact) mass is 295 g/mol. The lowest BCUT2D eigenvalue weighted by Crippen LogP contribution is -2.44. The number of nitrogens with one attached hydrogen (secondary N) is 3. The molecule has 1 aromatic carbocycles. The number of rotatable bonds is 6. The van der Waals surface area contributed by atoms with Crippen LogP contribution in [-0.4, -0.2) is 38.7 Å². The largest absolute Gasteiger partial charge is 0.497 e. The molecule has 0 fully saturated rings. The van der Waals surface area contributed by atoms with Gasteiger partial charge in [-0.3, -0.25) is 10.1 Å². The van der Waals surface area contributed by atoms with E-state index in [0.717, 1.165) is 0 Å². The number of carbonyl (C=O) groups excluding carboxylic acids is 2. The van der Waals surface area contributed by atoms with Crippen molar-refractivity contribution >= 4 is 17.6 Å². The highest BCUT2D eigenvalue weighted by Gasteiger charge is 2.10. The third-order valence-electron chi connectivity index (χ3n) is 2.52. The number of ether oxygens (including phenoxy) is 2. The van der Waals surface area contributed by atoms with Crippen molar-refractivity contribution in [1.82, 2.24) is 10.6 Å². The molecule has 7 nitrogen and oxygen atoms in total. The number of anilines is 1. The van der Waals surface area contributed by atoms with E-state index in [1.807, 2.05) is 13.8 Å². The molecule has 0 saturated heterocycles. The van der Waals surface area contributed by atoms with Crippen LogP contribution in [-0.2, 0) is 4.79 Å². The first-order valence-corrected chi connectivity index (χ1v) is 6.52. The summed E-state index contributed by atoms with van der Waals surface area (Å²) in [5.74, 6) is 0.762. The second-order valence-electron chi connectivity index (χ2n) is 4.60. The minimum atomic E-state index is -0.515. The number of benzene rings is 1. The Labute approximate surface area is 124 Å². The third kappa shape index (κ3) is 5.60. The lowest BCUT2D eigenvalue weighted by atomic mass is 10.2. The first-order chi connectivity index (χ1) is 9.96. The molecule has 0 heterocycles. The van der Waals surface area contributed by atoms with Crippen molar-refractivity contribution in [3.05, 3.63) is 18.2 Å². The van der Waals surface area contributed by atoms with Crippen molar-refractivity contribution < 1.29 is 19.1 Å². The van der Waals surface area contributed by atoms with Gasteiger partial charge in [0.15, 0.2) is 0 Å². The lowest BCUT2D eigenvalue weighted by Gasteiger charge is -2.13. The minimum Gasteiger partial charge on any atom is -0.497 e. The molecule has 1 rings (SSSR count). The van der Waals surface area contributed by atoms with E-state index in [-0.39, 0.29) is 12.6 Å². The summed E-state index contributed by atoms with van der Waals surface area (Å²) in [4.78, 5) is 23.0. The second kappa shape index (κ2) is 7.98. The van der Waals surface area contributed by atoms with Crippen molar-refractivity contribution in [1.29, 1.82) is 0 Å². The molecule has 0 aromatic heterocycles. The molecule has 0 unspecified atom stereocenters. The average Bonchev–Trinajstić information content (AvgIpc) is 2.43. The van der Waals surface area contributed by atoms with Gasteiger partial charge in [0.2, 0.25) is 5.91 Å². The molecule has 7 heteroatoms. The molecule has 116 valence electrons. The van der Waals surface area contributed by atoms with Gasteiger partial charge in [-0.05, 0) is 26.0 Å². The van der Waals surface area contributed by atoms with Gasteiger partial charge in [0.25, 0.3) is 0 Å². The fourth-order valence-corrected chi connectivity index (χ4v) is 1.59. The van der Waals surface area contributed by atoms with Gasteiger partial charge < -0.3 is 20.1 Å². The fourth-order valence-electron chi connectivity index (χ4n) is 1.59. The zero-order chi connectivity index (χ0) is 15.8. The van der Waals surface area contributed by atoms with Crippen molar-refractivity contribution in [2.24, 2.45) is 0 Å². The standard InChI is InChI=1S/C14H21N3O4/c1-9(2)16-14(19)17-13(18)8-15-11-6-5-10(20-3)7-12(11)21-4/h5-7,9,15H,8H2,1-4H3,(H2,16,17,18,19). The van der Waals surface area contributed by atoms with E-state index in [2.05, 4.69) is 16.0 Å². The van der Waals surface area contributed by atoms with Crippen LogP contribution in [0.5, 0.6) is 11.5 Å². The highest BCUT2D eigenvalue weighted by Crippen LogP contribution is 2.28. The van der Waals surface area contributed by atoms with E-state index in [9.17, 15) is 9.59 Å². The quantitative estimate of drug-likeness (QED) is 0.737. The zero-order valence-electron chi connectivity index (χ0n) is 12.6. The number of imide groups is 1. The van der Waals surface area contributed by atoms with Crippen LogP contribution >= 0.6 is 0 Å². The van der Waals surface area contributed by atoms with E-state index in [0.29, 0.717) is 17.2 Å². The van der Waals surface area contributed by atoms with Gasteiger partial charge in [0.1, 0.15) is 11.5 Å². The van der Waals surface area contributed by atoms with E-state index >= 15 is 0 Å². The van der Waals surface area contributed by atoms with Crippen LogP contribution in [0.4, 0.5) is 10.5 Å². The van der Waals surface area contributed by atoms with Crippen LogP contribution in [0.3, 0.4) is 0 Å². The molecule has 0 bridgehead atoms. The van der Waals surface area contributed by atoms with E-state index < -0.39 is 11.9 Å². The molecule has 0 atom stereocenters. The first-order valence-electron chi connectivity index (χ1n) is 6.52. The van der Waals surface area contributed by atoms with E-state index in [4.69, 9.17) is 9.47 Å². The SMILES string of the molecule is COc1ccc(NCC(=O)NC(=O)NC(C)C)c(OC)c1. The predicted octanol–water partition coefficient (Wildman–Crippen LogP) is 1.35. The van der Waals surface area contributed by atoms with Gasteiger partial charge in [-0.25, -0.2) is 4.79 Å². The van der Waals surface area contributed by atoms with Crippen molar-refractivity contribution in [3.63, 3.8) is 0 Å². The molecule has 0 spiro atoms. The second-order valence-corrected chi connectivity index (χ2v) is 4.60. The minimum absolute atomic E-state index is 0.0348. The lowest BCUT2D eigenvalue weighted by molar-refractivity contribution is -0.118. The Kier molecular flexibility index (Phi) is 6.32. The Morgan fingerprint density at radius 3 is 2.48 bits per heavy atom. The summed E-state index contributed by atoms with van der Waals surface area (Å²) in [6, 6.07) is 4.63. The molecule has 3 N–H and O–H groups in total. The molecule has 0 aliphatic rings. The summed E-state index contributed by atoms with van der Waals surface area (Å²) in [5, 5.41) is 7.70. The Bertz CT molecular complexity index is 503. The molecule has 0 aliphatic carbocycles. The zero-order valence-corrected chi connectivity index (χ0v) is 12.6.